The van der Waals surface area contributed by atoms with Crippen LogP contribution in [0.1, 0.15) is 45.4 Å². The maximum absolute atomic E-state index is 12.6. The van der Waals surface area contributed by atoms with E-state index >= 15 is 0 Å². The molecule has 1 aliphatic carbocycles. The van der Waals surface area contributed by atoms with Crippen LogP contribution in [0.5, 0.6) is 0 Å². The Hall–Kier alpha value is -0.810. The zero-order valence-electron chi connectivity index (χ0n) is 14.8. The molecule has 3 aliphatic rings. The number of likely N-dealkylation sites (tertiary alicyclic amines) is 2. The Morgan fingerprint density at radius 1 is 0.917 bits per heavy atom. The van der Waals surface area contributed by atoms with Crippen LogP contribution in [0.25, 0.3) is 0 Å². The third kappa shape index (κ3) is 5.35. The van der Waals surface area contributed by atoms with Crippen molar-refractivity contribution in [3.63, 3.8) is 0 Å². The molecule has 0 aromatic rings. The molecule has 5 nitrogen and oxygen atoms in total. The first-order chi connectivity index (χ1) is 11.1. The summed E-state index contributed by atoms with van der Waals surface area (Å²) in [5, 5.41) is 3.27. The van der Waals surface area contributed by atoms with E-state index in [0.717, 1.165) is 70.2 Å². The molecule has 2 aliphatic heterocycles. The minimum atomic E-state index is 0. The highest BCUT2D eigenvalue weighted by atomic mass is 35.5. The fourth-order valence-electron chi connectivity index (χ4n) is 3.68. The Morgan fingerprint density at radius 3 is 2.08 bits per heavy atom. The van der Waals surface area contributed by atoms with Gasteiger partial charge in [-0.1, -0.05) is 6.92 Å². The van der Waals surface area contributed by atoms with Gasteiger partial charge in [0.15, 0.2) is 0 Å². The van der Waals surface area contributed by atoms with Gasteiger partial charge in [0, 0.05) is 32.1 Å². The molecule has 0 spiro atoms. The number of nitrogens with one attached hydrogen (secondary N) is 1. The van der Waals surface area contributed by atoms with Gasteiger partial charge >= 0.3 is 0 Å². The van der Waals surface area contributed by atoms with E-state index in [1.165, 1.54) is 12.8 Å². The van der Waals surface area contributed by atoms with Crippen LogP contribution < -0.4 is 5.32 Å². The fourth-order valence-corrected chi connectivity index (χ4v) is 3.68. The van der Waals surface area contributed by atoms with Crippen molar-refractivity contribution < 1.29 is 9.59 Å². The standard InChI is InChI=1S/C18H31N3O2.ClH/c1-14-4-8-21(9-5-14)18(23)16-6-10-20(11-7-16)17(22)13-19-12-15-2-3-15;/h14-16,19H,2-13H2,1H3;1H. The van der Waals surface area contributed by atoms with Gasteiger partial charge in [-0.05, 0) is 56.9 Å². The second-order valence-corrected chi connectivity index (χ2v) is 7.74. The Labute approximate surface area is 151 Å². The number of carbonyl (C=O) groups is 2. The van der Waals surface area contributed by atoms with E-state index < -0.39 is 0 Å². The summed E-state index contributed by atoms with van der Waals surface area (Å²) in [4.78, 5) is 28.8. The van der Waals surface area contributed by atoms with Crippen molar-refractivity contribution in [1.82, 2.24) is 15.1 Å². The van der Waals surface area contributed by atoms with E-state index in [2.05, 4.69) is 17.1 Å². The molecule has 3 rings (SSSR count). The maximum Gasteiger partial charge on any atom is 0.236 e. The highest BCUT2D eigenvalue weighted by Gasteiger charge is 2.31. The molecule has 1 N–H and O–H groups in total. The summed E-state index contributed by atoms with van der Waals surface area (Å²) in [6.45, 7) is 7.03. The van der Waals surface area contributed by atoms with Crippen molar-refractivity contribution in [2.45, 2.75) is 45.4 Å². The summed E-state index contributed by atoms with van der Waals surface area (Å²) in [7, 11) is 0. The number of nitrogens with zero attached hydrogens (tertiary/aromatic N) is 2. The average molecular weight is 358 g/mol. The third-order valence-corrected chi connectivity index (χ3v) is 5.70. The predicted octanol–water partition coefficient (Wildman–Crippen LogP) is 1.90. The zero-order valence-corrected chi connectivity index (χ0v) is 15.7. The Morgan fingerprint density at radius 2 is 1.50 bits per heavy atom. The molecule has 0 radical (unpaired) electrons. The molecule has 0 bridgehead atoms. The number of hydrogen-bond donors (Lipinski definition) is 1. The monoisotopic (exact) mass is 357 g/mol. The predicted molar refractivity (Wildman–Crippen MR) is 97.1 cm³/mol. The topological polar surface area (TPSA) is 52.7 Å². The summed E-state index contributed by atoms with van der Waals surface area (Å²) < 4.78 is 0. The van der Waals surface area contributed by atoms with Gasteiger partial charge in [0.25, 0.3) is 0 Å². The van der Waals surface area contributed by atoms with Crippen LogP contribution in [0, 0.1) is 17.8 Å². The normalized spacial score (nSPS) is 23.0. The van der Waals surface area contributed by atoms with Crippen LogP contribution in [0.3, 0.4) is 0 Å². The lowest BCUT2D eigenvalue weighted by atomic mass is 9.92. The van der Waals surface area contributed by atoms with Gasteiger partial charge in [0.05, 0.1) is 6.54 Å². The summed E-state index contributed by atoms with van der Waals surface area (Å²) in [5.74, 6) is 2.21. The zero-order chi connectivity index (χ0) is 16.2. The van der Waals surface area contributed by atoms with Gasteiger partial charge in [-0.25, -0.2) is 0 Å². The second kappa shape index (κ2) is 9.04. The molecule has 24 heavy (non-hydrogen) atoms. The molecule has 3 fully saturated rings. The van der Waals surface area contributed by atoms with E-state index in [9.17, 15) is 9.59 Å². The Bertz CT molecular complexity index is 426. The number of piperidine rings is 2. The molecule has 1 saturated carbocycles. The number of carbonyl (C=O) groups excluding carboxylic acids is 2. The van der Waals surface area contributed by atoms with Gasteiger partial charge in [-0.2, -0.15) is 0 Å². The van der Waals surface area contributed by atoms with Gasteiger partial charge < -0.3 is 15.1 Å². The summed E-state index contributed by atoms with van der Waals surface area (Å²) in [6, 6.07) is 0. The van der Waals surface area contributed by atoms with E-state index in [-0.39, 0.29) is 24.2 Å². The van der Waals surface area contributed by atoms with E-state index in [1.54, 1.807) is 0 Å². The smallest absolute Gasteiger partial charge is 0.236 e. The van der Waals surface area contributed by atoms with Gasteiger partial charge in [0.1, 0.15) is 0 Å². The minimum absolute atomic E-state index is 0. The van der Waals surface area contributed by atoms with Crippen LogP contribution in [-0.2, 0) is 9.59 Å². The third-order valence-electron chi connectivity index (χ3n) is 5.70. The first-order valence-corrected chi connectivity index (χ1v) is 9.40. The van der Waals surface area contributed by atoms with Crippen molar-refractivity contribution >= 4 is 24.2 Å². The minimum Gasteiger partial charge on any atom is -0.342 e. The molecule has 0 aromatic carbocycles. The number of hydrogen-bond acceptors (Lipinski definition) is 3. The molecule has 2 heterocycles. The van der Waals surface area contributed by atoms with Gasteiger partial charge in [-0.15, -0.1) is 12.4 Å². The number of halogens is 1. The van der Waals surface area contributed by atoms with Crippen molar-refractivity contribution in [1.29, 1.82) is 0 Å². The van der Waals surface area contributed by atoms with Crippen molar-refractivity contribution in [2.75, 3.05) is 39.3 Å². The highest BCUT2D eigenvalue weighted by Crippen LogP contribution is 2.27. The molecular weight excluding hydrogens is 326 g/mol. The summed E-state index contributed by atoms with van der Waals surface area (Å²) >= 11 is 0. The number of amides is 2. The molecule has 2 saturated heterocycles. The van der Waals surface area contributed by atoms with E-state index in [4.69, 9.17) is 0 Å². The Kier molecular flexibility index (Phi) is 7.35. The largest absolute Gasteiger partial charge is 0.342 e. The second-order valence-electron chi connectivity index (χ2n) is 7.74. The van der Waals surface area contributed by atoms with E-state index in [0.29, 0.717) is 12.5 Å². The summed E-state index contributed by atoms with van der Waals surface area (Å²) in [5.41, 5.74) is 0. The lowest BCUT2D eigenvalue weighted by Crippen LogP contribution is -2.48. The summed E-state index contributed by atoms with van der Waals surface area (Å²) in [6.07, 6.45) is 6.55. The number of rotatable bonds is 5. The lowest BCUT2D eigenvalue weighted by molar-refractivity contribution is -0.141. The maximum atomic E-state index is 12.6. The van der Waals surface area contributed by atoms with Gasteiger partial charge in [0.2, 0.25) is 11.8 Å². The molecule has 6 heteroatoms. The molecule has 138 valence electrons. The van der Waals surface area contributed by atoms with E-state index in [1.807, 2.05) is 4.90 Å². The fraction of sp³-hybridized carbons (Fsp3) is 0.889. The van der Waals surface area contributed by atoms with Crippen molar-refractivity contribution in [3.8, 4) is 0 Å². The van der Waals surface area contributed by atoms with Crippen LogP contribution in [0.15, 0.2) is 0 Å². The quantitative estimate of drug-likeness (QED) is 0.817. The first kappa shape index (κ1) is 19.5. The van der Waals surface area contributed by atoms with Crippen LogP contribution >= 0.6 is 12.4 Å². The molecular formula is C18H32ClN3O2. The van der Waals surface area contributed by atoms with Crippen LogP contribution in [-0.4, -0.2) is 60.9 Å². The van der Waals surface area contributed by atoms with Crippen LogP contribution in [0.4, 0.5) is 0 Å². The highest BCUT2D eigenvalue weighted by molar-refractivity contribution is 5.85. The van der Waals surface area contributed by atoms with Gasteiger partial charge in [-0.3, -0.25) is 9.59 Å². The molecule has 0 unspecified atom stereocenters. The molecule has 0 aromatic heterocycles. The lowest BCUT2D eigenvalue weighted by Gasteiger charge is -2.36. The Balaban J connectivity index is 0.00000208. The van der Waals surface area contributed by atoms with Crippen molar-refractivity contribution in [2.24, 2.45) is 17.8 Å². The molecule has 2 amide bonds. The molecule has 0 atom stereocenters. The van der Waals surface area contributed by atoms with Crippen LogP contribution in [0.2, 0.25) is 0 Å². The SMILES string of the molecule is CC1CCN(C(=O)C2CCN(C(=O)CNCC3CC3)CC2)CC1.Cl. The van der Waals surface area contributed by atoms with Crippen molar-refractivity contribution in [3.05, 3.63) is 0 Å². The first-order valence-electron chi connectivity index (χ1n) is 9.40. The average Bonchev–Trinajstić information content (AvgIpc) is 3.39.